The number of non-ortho nitro benzene ring substituents is 1. The first-order valence-electron chi connectivity index (χ1n) is 7.84. The van der Waals surface area contributed by atoms with Gasteiger partial charge in [-0.15, -0.1) is 0 Å². The van der Waals surface area contributed by atoms with Crippen molar-refractivity contribution < 1.29 is 9.72 Å². The van der Waals surface area contributed by atoms with Crippen molar-refractivity contribution in [2.75, 3.05) is 13.1 Å². The van der Waals surface area contributed by atoms with Gasteiger partial charge in [-0.3, -0.25) is 19.6 Å². The number of hydrogen-bond donors (Lipinski definition) is 2. The third kappa shape index (κ3) is 3.43. The smallest absolute Gasteiger partial charge is 0.269 e. The molecule has 1 aromatic carbocycles. The maximum Gasteiger partial charge on any atom is 0.269 e. The second-order valence-corrected chi connectivity index (χ2v) is 5.89. The van der Waals surface area contributed by atoms with Crippen LogP contribution in [-0.4, -0.2) is 39.7 Å². The van der Waals surface area contributed by atoms with E-state index in [1.807, 2.05) is 0 Å². The first kappa shape index (κ1) is 16.1. The maximum atomic E-state index is 12.6. The van der Waals surface area contributed by atoms with Gasteiger partial charge in [0.1, 0.15) is 5.69 Å². The van der Waals surface area contributed by atoms with Crippen molar-refractivity contribution >= 4 is 11.6 Å². The Kier molecular flexibility index (Phi) is 4.57. The number of aryl methyl sites for hydroxylation is 1. The Bertz CT molecular complexity index is 748. The zero-order valence-electron chi connectivity index (χ0n) is 13.4. The molecular weight excluding hydrogens is 310 g/mol. The summed E-state index contributed by atoms with van der Waals surface area (Å²) in [6.45, 7) is 1.74. The summed E-state index contributed by atoms with van der Waals surface area (Å²) in [5.74, 6) is -0.176. The number of aromatic nitrogens is 2. The number of hydrogen-bond acceptors (Lipinski definition) is 5. The van der Waals surface area contributed by atoms with Gasteiger partial charge in [-0.05, 0) is 31.5 Å². The van der Waals surface area contributed by atoms with Gasteiger partial charge in [0.2, 0.25) is 0 Å². The second-order valence-electron chi connectivity index (χ2n) is 5.89. The molecule has 1 atom stereocenters. The number of piperidine rings is 1. The Labute approximate surface area is 139 Å². The molecule has 24 heavy (non-hydrogen) atoms. The van der Waals surface area contributed by atoms with Gasteiger partial charge in [0.15, 0.2) is 0 Å². The number of nitro benzene ring substituents is 1. The number of rotatable bonds is 4. The molecule has 0 spiro atoms. The lowest BCUT2D eigenvalue weighted by Crippen LogP contribution is -2.45. The van der Waals surface area contributed by atoms with Gasteiger partial charge in [0.05, 0.1) is 10.5 Å². The van der Waals surface area contributed by atoms with Gasteiger partial charge in [-0.2, -0.15) is 5.10 Å². The zero-order chi connectivity index (χ0) is 17.1. The Balaban J connectivity index is 1.84. The lowest BCUT2D eigenvalue weighted by atomic mass is 10.0. The Morgan fingerprint density at radius 3 is 2.79 bits per heavy atom. The van der Waals surface area contributed by atoms with E-state index in [9.17, 15) is 14.9 Å². The highest BCUT2D eigenvalue weighted by molar-refractivity contribution is 6.00. The molecule has 1 fully saturated rings. The van der Waals surface area contributed by atoms with Gasteiger partial charge in [0.25, 0.3) is 11.6 Å². The molecule has 0 aliphatic carbocycles. The third-order valence-corrected chi connectivity index (χ3v) is 4.06. The van der Waals surface area contributed by atoms with Crippen molar-refractivity contribution in [2.24, 2.45) is 7.05 Å². The second kappa shape index (κ2) is 6.79. The predicted octanol–water partition coefficient (Wildman–Crippen LogP) is 1.48. The fourth-order valence-electron chi connectivity index (χ4n) is 2.85. The van der Waals surface area contributed by atoms with Crippen LogP contribution in [0.25, 0.3) is 11.3 Å². The van der Waals surface area contributed by atoms with Gasteiger partial charge < -0.3 is 10.6 Å². The summed E-state index contributed by atoms with van der Waals surface area (Å²) in [7, 11) is 1.74. The molecule has 0 bridgehead atoms. The van der Waals surface area contributed by atoms with Crippen LogP contribution in [0.2, 0.25) is 0 Å². The molecule has 1 amide bonds. The number of amides is 1. The van der Waals surface area contributed by atoms with E-state index in [0.717, 1.165) is 25.9 Å². The summed E-state index contributed by atoms with van der Waals surface area (Å²) in [6, 6.07) is 6.16. The average Bonchev–Trinajstić information content (AvgIpc) is 2.98. The lowest BCUT2D eigenvalue weighted by Gasteiger charge is -2.23. The molecule has 8 heteroatoms. The first-order chi connectivity index (χ1) is 11.5. The highest BCUT2D eigenvalue weighted by Crippen LogP contribution is 2.24. The highest BCUT2D eigenvalue weighted by atomic mass is 16.6. The van der Waals surface area contributed by atoms with Crippen LogP contribution in [-0.2, 0) is 7.05 Å². The molecule has 0 saturated carbocycles. The normalized spacial score (nSPS) is 17.5. The van der Waals surface area contributed by atoms with E-state index in [1.54, 1.807) is 30.1 Å². The van der Waals surface area contributed by atoms with Crippen molar-refractivity contribution in [3.63, 3.8) is 0 Å². The minimum absolute atomic E-state index is 0.00830. The average molecular weight is 329 g/mol. The van der Waals surface area contributed by atoms with Crippen LogP contribution in [0.5, 0.6) is 0 Å². The number of nitrogens with one attached hydrogen (secondary N) is 2. The van der Waals surface area contributed by atoms with E-state index in [2.05, 4.69) is 15.7 Å². The van der Waals surface area contributed by atoms with Crippen LogP contribution in [0, 0.1) is 10.1 Å². The quantitative estimate of drug-likeness (QED) is 0.653. The van der Waals surface area contributed by atoms with E-state index in [0.29, 0.717) is 16.8 Å². The van der Waals surface area contributed by atoms with Crippen LogP contribution in [0.15, 0.2) is 30.5 Å². The maximum absolute atomic E-state index is 12.6. The molecule has 2 aromatic rings. The zero-order valence-corrected chi connectivity index (χ0v) is 13.4. The van der Waals surface area contributed by atoms with E-state index in [1.165, 1.54) is 12.1 Å². The van der Waals surface area contributed by atoms with E-state index in [-0.39, 0.29) is 17.6 Å². The summed E-state index contributed by atoms with van der Waals surface area (Å²) < 4.78 is 1.57. The molecule has 1 unspecified atom stereocenters. The molecule has 8 nitrogen and oxygen atoms in total. The summed E-state index contributed by atoms with van der Waals surface area (Å²) in [5.41, 5.74) is 1.67. The van der Waals surface area contributed by atoms with Crippen LogP contribution >= 0.6 is 0 Å². The molecule has 1 aromatic heterocycles. The summed E-state index contributed by atoms with van der Waals surface area (Å²) in [5, 5.41) is 21.4. The fourth-order valence-corrected chi connectivity index (χ4v) is 2.85. The number of carbonyl (C=O) groups excluding carboxylic acids is 1. The van der Waals surface area contributed by atoms with E-state index >= 15 is 0 Å². The minimum atomic E-state index is -0.452. The number of carbonyl (C=O) groups is 1. The van der Waals surface area contributed by atoms with Crippen LogP contribution in [0.4, 0.5) is 5.69 Å². The van der Waals surface area contributed by atoms with E-state index in [4.69, 9.17) is 0 Å². The summed E-state index contributed by atoms with van der Waals surface area (Å²) >= 11 is 0. The van der Waals surface area contributed by atoms with Crippen molar-refractivity contribution in [3.05, 3.63) is 46.1 Å². The topological polar surface area (TPSA) is 102 Å². The van der Waals surface area contributed by atoms with Crippen LogP contribution in [0.3, 0.4) is 0 Å². The molecule has 1 saturated heterocycles. The molecule has 3 rings (SSSR count). The standard InChI is InChI=1S/C16H19N5O3/c1-20-10-14(16(22)18-12-3-2-8-17-9-12)15(19-20)11-4-6-13(7-5-11)21(23)24/h4-7,10,12,17H,2-3,8-9H2,1H3,(H,18,22). The van der Waals surface area contributed by atoms with Crippen molar-refractivity contribution in [1.82, 2.24) is 20.4 Å². The van der Waals surface area contributed by atoms with Crippen molar-refractivity contribution in [2.45, 2.75) is 18.9 Å². The van der Waals surface area contributed by atoms with Gasteiger partial charge in [-0.25, -0.2) is 0 Å². The number of benzene rings is 1. The number of nitro groups is 1. The van der Waals surface area contributed by atoms with Crippen molar-refractivity contribution in [1.29, 1.82) is 0 Å². The van der Waals surface area contributed by atoms with E-state index < -0.39 is 4.92 Å². The SMILES string of the molecule is Cn1cc(C(=O)NC2CCCNC2)c(-c2ccc([N+](=O)[O-])cc2)n1. The van der Waals surface area contributed by atoms with Gasteiger partial charge in [0, 0.05) is 43.5 Å². The van der Waals surface area contributed by atoms with Crippen LogP contribution in [0.1, 0.15) is 23.2 Å². The lowest BCUT2D eigenvalue weighted by molar-refractivity contribution is -0.384. The molecule has 2 N–H and O–H groups in total. The molecule has 0 radical (unpaired) electrons. The Hall–Kier alpha value is -2.74. The molecule has 1 aliphatic heterocycles. The molecule has 1 aliphatic rings. The predicted molar refractivity (Wildman–Crippen MR) is 88.7 cm³/mol. The summed E-state index contributed by atoms with van der Waals surface area (Å²) in [6.07, 6.45) is 3.65. The minimum Gasteiger partial charge on any atom is -0.348 e. The largest absolute Gasteiger partial charge is 0.348 e. The Morgan fingerprint density at radius 1 is 1.42 bits per heavy atom. The first-order valence-corrected chi connectivity index (χ1v) is 7.84. The molecule has 2 heterocycles. The molecule has 126 valence electrons. The van der Waals surface area contributed by atoms with Crippen LogP contribution < -0.4 is 10.6 Å². The number of nitrogens with zero attached hydrogens (tertiary/aromatic N) is 3. The Morgan fingerprint density at radius 2 is 2.17 bits per heavy atom. The molecular formula is C16H19N5O3. The highest BCUT2D eigenvalue weighted by Gasteiger charge is 2.21. The summed E-state index contributed by atoms with van der Waals surface area (Å²) in [4.78, 5) is 22.9. The van der Waals surface area contributed by atoms with Crippen molar-refractivity contribution in [3.8, 4) is 11.3 Å². The third-order valence-electron chi connectivity index (χ3n) is 4.06. The monoisotopic (exact) mass is 329 g/mol. The fraction of sp³-hybridized carbons (Fsp3) is 0.375. The van der Waals surface area contributed by atoms with Gasteiger partial charge >= 0.3 is 0 Å². The van der Waals surface area contributed by atoms with Gasteiger partial charge in [-0.1, -0.05) is 0 Å².